The third kappa shape index (κ3) is 8.48. The third-order valence-corrected chi connectivity index (χ3v) is 6.73. The number of rotatable bonds is 9. The first-order valence-corrected chi connectivity index (χ1v) is 13.4. The minimum atomic E-state index is -0.966. The van der Waals surface area contributed by atoms with Gasteiger partial charge < -0.3 is 20.3 Å². The van der Waals surface area contributed by atoms with E-state index in [1.807, 2.05) is 13.8 Å². The van der Waals surface area contributed by atoms with Crippen LogP contribution in [0.1, 0.15) is 90.3 Å². The molecule has 1 fully saturated rings. The summed E-state index contributed by atoms with van der Waals surface area (Å²) < 4.78 is 5.35. The summed E-state index contributed by atoms with van der Waals surface area (Å²) in [7, 11) is 0. The SMILES string of the molecule is C#Cc1ccc(C(C(=O)NC2CCCCC2)N(C(=O)C(CS)NC(=O)OC(C)(C)C)C(C)CC)cc1. The average molecular weight is 516 g/mol. The fourth-order valence-corrected chi connectivity index (χ4v) is 4.59. The zero-order chi connectivity index (χ0) is 26.9. The van der Waals surface area contributed by atoms with Crippen LogP contribution >= 0.6 is 12.6 Å². The van der Waals surface area contributed by atoms with E-state index in [1.54, 1.807) is 49.9 Å². The van der Waals surface area contributed by atoms with Crippen molar-refractivity contribution >= 4 is 30.5 Å². The molecule has 7 nitrogen and oxygen atoms in total. The number of terminal acetylenes is 1. The van der Waals surface area contributed by atoms with E-state index in [1.165, 1.54) is 6.42 Å². The molecule has 1 aromatic rings. The molecule has 0 spiro atoms. The van der Waals surface area contributed by atoms with Crippen molar-refractivity contribution in [3.05, 3.63) is 35.4 Å². The van der Waals surface area contributed by atoms with Crippen molar-refractivity contribution in [2.75, 3.05) is 5.75 Å². The van der Waals surface area contributed by atoms with Gasteiger partial charge in [0.25, 0.3) is 0 Å². The number of carbonyl (C=O) groups excluding carboxylic acids is 3. The van der Waals surface area contributed by atoms with Gasteiger partial charge in [0.05, 0.1) is 0 Å². The molecule has 198 valence electrons. The molecule has 0 bridgehead atoms. The third-order valence-electron chi connectivity index (χ3n) is 6.36. The molecule has 0 saturated heterocycles. The van der Waals surface area contributed by atoms with Crippen LogP contribution in [0.25, 0.3) is 0 Å². The molecule has 2 N–H and O–H groups in total. The fourth-order valence-electron chi connectivity index (χ4n) is 4.34. The second-order valence-electron chi connectivity index (χ2n) is 10.4. The van der Waals surface area contributed by atoms with Gasteiger partial charge in [0, 0.05) is 23.4 Å². The van der Waals surface area contributed by atoms with E-state index in [2.05, 4.69) is 29.2 Å². The topological polar surface area (TPSA) is 87.7 Å². The van der Waals surface area contributed by atoms with Gasteiger partial charge in [-0.3, -0.25) is 9.59 Å². The van der Waals surface area contributed by atoms with Crippen LogP contribution in [0.2, 0.25) is 0 Å². The zero-order valence-electron chi connectivity index (χ0n) is 22.2. The van der Waals surface area contributed by atoms with Gasteiger partial charge in [0.2, 0.25) is 11.8 Å². The molecule has 0 aliphatic heterocycles. The van der Waals surface area contributed by atoms with Gasteiger partial charge in [-0.2, -0.15) is 12.6 Å². The number of hydrogen-bond donors (Lipinski definition) is 3. The molecular weight excluding hydrogens is 474 g/mol. The van der Waals surface area contributed by atoms with Crippen LogP contribution in [0.4, 0.5) is 4.79 Å². The number of thiol groups is 1. The van der Waals surface area contributed by atoms with Gasteiger partial charge in [-0.15, -0.1) is 6.42 Å². The van der Waals surface area contributed by atoms with Gasteiger partial charge in [-0.05, 0) is 64.7 Å². The lowest BCUT2D eigenvalue weighted by atomic mass is 9.94. The van der Waals surface area contributed by atoms with Crippen LogP contribution in [0, 0.1) is 12.3 Å². The summed E-state index contributed by atoms with van der Waals surface area (Å²) in [5, 5.41) is 5.83. The smallest absolute Gasteiger partial charge is 0.408 e. The fraction of sp³-hybridized carbons (Fsp3) is 0.607. The van der Waals surface area contributed by atoms with E-state index in [0.717, 1.165) is 25.7 Å². The minimum Gasteiger partial charge on any atom is -0.444 e. The molecular formula is C28H41N3O4S. The Balaban J connectivity index is 2.44. The summed E-state index contributed by atoms with van der Waals surface area (Å²) in [5.41, 5.74) is 0.629. The summed E-state index contributed by atoms with van der Waals surface area (Å²) in [6.45, 7) is 9.11. The van der Waals surface area contributed by atoms with Crippen molar-refractivity contribution in [3.63, 3.8) is 0 Å². The molecule has 3 amide bonds. The first-order chi connectivity index (χ1) is 17.0. The van der Waals surface area contributed by atoms with Crippen molar-refractivity contribution in [2.24, 2.45) is 0 Å². The lowest BCUT2D eigenvalue weighted by molar-refractivity contribution is -0.145. The van der Waals surface area contributed by atoms with E-state index in [0.29, 0.717) is 17.5 Å². The number of benzene rings is 1. The molecule has 0 radical (unpaired) electrons. The van der Waals surface area contributed by atoms with Gasteiger partial charge in [0.1, 0.15) is 17.7 Å². The highest BCUT2D eigenvalue weighted by Gasteiger charge is 2.38. The maximum absolute atomic E-state index is 13.9. The lowest BCUT2D eigenvalue weighted by Gasteiger charge is -2.39. The summed E-state index contributed by atoms with van der Waals surface area (Å²) >= 11 is 4.33. The number of carbonyl (C=O) groups is 3. The maximum Gasteiger partial charge on any atom is 0.408 e. The maximum atomic E-state index is 13.9. The lowest BCUT2D eigenvalue weighted by Crippen LogP contribution is -2.56. The predicted octanol–water partition coefficient (Wildman–Crippen LogP) is 4.61. The molecule has 1 saturated carbocycles. The van der Waals surface area contributed by atoms with Gasteiger partial charge in [-0.1, -0.05) is 44.2 Å². The second kappa shape index (κ2) is 13.6. The van der Waals surface area contributed by atoms with E-state index < -0.39 is 29.7 Å². The molecule has 3 unspecified atom stereocenters. The van der Waals surface area contributed by atoms with Crippen molar-refractivity contribution in [1.82, 2.24) is 15.5 Å². The number of alkyl carbamates (subject to hydrolysis) is 1. The molecule has 1 aromatic carbocycles. The standard InChI is InChI=1S/C28H41N3O4S/c1-7-19(3)31(26(33)23(18-36)30-27(34)35-28(4,5)6)24(21-16-14-20(8-2)15-17-21)25(32)29-22-12-10-9-11-13-22/h2,14-17,19,22-24,36H,7,9-13,18H2,1,3-6H3,(H,29,32)(H,30,34). The van der Waals surface area contributed by atoms with E-state index >= 15 is 0 Å². The Labute approximate surface area is 221 Å². The number of hydrogen-bond acceptors (Lipinski definition) is 5. The van der Waals surface area contributed by atoms with Crippen molar-refractivity contribution in [1.29, 1.82) is 0 Å². The predicted molar refractivity (Wildman–Crippen MR) is 146 cm³/mol. The Morgan fingerprint density at radius 2 is 1.78 bits per heavy atom. The van der Waals surface area contributed by atoms with Crippen molar-refractivity contribution in [3.8, 4) is 12.3 Å². The van der Waals surface area contributed by atoms with Crippen LogP contribution in [-0.4, -0.2) is 52.3 Å². The van der Waals surface area contributed by atoms with Gasteiger partial charge >= 0.3 is 6.09 Å². The molecule has 1 aliphatic carbocycles. The second-order valence-corrected chi connectivity index (χ2v) is 10.8. The monoisotopic (exact) mass is 515 g/mol. The van der Waals surface area contributed by atoms with Crippen LogP contribution < -0.4 is 10.6 Å². The summed E-state index contributed by atoms with van der Waals surface area (Å²) in [4.78, 5) is 41.7. The summed E-state index contributed by atoms with van der Waals surface area (Å²) in [6, 6.07) is 5.06. The Morgan fingerprint density at radius 3 is 2.28 bits per heavy atom. The van der Waals surface area contributed by atoms with Gasteiger partial charge in [0.15, 0.2) is 0 Å². The first-order valence-electron chi connectivity index (χ1n) is 12.8. The Kier molecular flexibility index (Phi) is 11.2. The Bertz CT molecular complexity index is 930. The van der Waals surface area contributed by atoms with E-state index in [-0.39, 0.29) is 23.7 Å². The van der Waals surface area contributed by atoms with Crippen molar-refractivity contribution < 1.29 is 19.1 Å². The molecule has 0 aromatic heterocycles. The number of nitrogens with zero attached hydrogens (tertiary/aromatic N) is 1. The molecule has 0 heterocycles. The average Bonchev–Trinajstić information content (AvgIpc) is 2.84. The van der Waals surface area contributed by atoms with Crippen molar-refractivity contribution in [2.45, 2.75) is 103 Å². The molecule has 8 heteroatoms. The summed E-state index contributed by atoms with van der Waals surface area (Å²) in [5.74, 6) is 2.01. The number of ether oxygens (including phenoxy) is 1. The van der Waals surface area contributed by atoms with Crippen LogP contribution in [0.15, 0.2) is 24.3 Å². The minimum absolute atomic E-state index is 0.0536. The highest BCUT2D eigenvalue weighted by atomic mass is 32.1. The molecule has 2 rings (SSSR count). The molecule has 36 heavy (non-hydrogen) atoms. The first kappa shape index (κ1) is 29.6. The Morgan fingerprint density at radius 1 is 1.17 bits per heavy atom. The van der Waals surface area contributed by atoms with Crippen LogP contribution in [0.5, 0.6) is 0 Å². The number of amides is 3. The van der Waals surface area contributed by atoms with Crippen LogP contribution in [0.3, 0.4) is 0 Å². The highest BCUT2D eigenvalue weighted by Crippen LogP contribution is 2.28. The quantitative estimate of drug-likeness (QED) is 0.331. The van der Waals surface area contributed by atoms with Gasteiger partial charge in [-0.25, -0.2) is 4.79 Å². The van der Waals surface area contributed by atoms with E-state index in [9.17, 15) is 14.4 Å². The van der Waals surface area contributed by atoms with Crippen LogP contribution in [-0.2, 0) is 14.3 Å². The molecule has 1 aliphatic rings. The molecule has 3 atom stereocenters. The number of nitrogens with one attached hydrogen (secondary N) is 2. The Hall–Kier alpha value is -2.66. The summed E-state index contributed by atoms with van der Waals surface area (Å²) in [6.07, 6.45) is 10.6. The highest BCUT2D eigenvalue weighted by molar-refractivity contribution is 7.80. The zero-order valence-corrected chi connectivity index (χ0v) is 23.1. The largest absolute Gasteiger partial charge is 0.444 e. The normalized spacial score (nSPS) is 16.7. The van der Waals surface area contributed by atoms with E-state index in [4.69, 9.17) is 11.2 Å².